The highest BCUT2D eigenvalue weighted by molar-refractivity contribution is 9.09. The van der Waals surface area contributed by atoms with Gasteiger partial charge in [0.15, 0.2) is 0 Å². The molecule has 1 unspecified atom stereocenters. The number of hydrogen-bond acceptors (Lipinski definition) is 0. The Bertz CT molecular complexity index is 568. The Balaban J connectivity index is 2.27. The van der Waals surface area contributed by atoms with Crippen molar-refractivity contribution in [3.05, 3.63) is 70.0 Å². The predicted octanol–water partition coefficient (Wildman–Crippen LogP) is 5.51. The monoisotopic (exact) mass is 340 g/mol. The van der Waals surface area contributed by atoms with Gasteiger partial charge in [-0.15, -0.1) is 0 Å². The highest BCUT2D eigenvalue weighted by Crippen LogP contribution is 2.29. The second-order valence-corrected chi connectivity index (χ2v) is 5.70. The number of alkyl halides is 1. The van der Waals surface area contributed by atoms with E-state index in [0.29, 0.717) is 0 Å². The number of hydrogen-bond donors (Lipinski definition) is 0. The van der Waals surface area contributed by atoms with Gasteiger partial charge in [-0.05, 0) is 54.2 Å². The van der Waals surface area contributed by atoms with Crippen molar-refractivity contribution in [2.24, 2.45) is 0 Å². The fourth-order valence-electron chi connectivity index (χ4n) is 2.21. The third-order valence-corrected chi connectivity index (χ3v) is 4.43. The van der Waals surface area contributed by atoms with E-state index in [2.05, 4.69) is 15.9 Å². The van der Waals surface area contributed by atoms with E-state index in [1.165, 1.54) is 6.07 Å². The first kappa shape index (κ1) is 14.5. The van der Waals surface area contributed by atoms with Crippen LogP contribution >= 0.6 is 27.5 Å². The standard InChI is InChI=1S/C16H15BrClF/c1-11-8-14(19)7-6-12(11)9-13(10-17)15-4-2-3-5-16(15)18/h2-8,13H,9-10H2,1H3. The topological polar surface area (TPSA) is 0 Å². The van der Waals surface area contributed by atoms with Gasteiger partial charge < -0.3 is 0 Å². The van der Waals surface area contributed by atoms with Crippen LogP contribution in [0.15, 0.2) is 42.5 Å². The molecule has 0 N–H and O–H groups in total. The van der Waals surface area contributed by atoms with Crippen molar-refractivity contribution >= 4 is 27.5 Å². The summed E-state index contributed by atoms with van der Waals surface area (Å²) >= 11 is 9.80. The van der Waals surface area contributed by atoms with Crippen LogP contribution in [-0.2, 0) is 6.42 Å². The first-order valence-electron chi connectivity index (χ1n) is 6.17. The maximum Gasteiger partial charge on any atom is 0.123 e. The van der Waals surface area contributed by atoms with Gasteiger partial charge in [-0.3, -0.25) is 0 Å². The van der Waals surface area contributed by atoms with Gasteiger partial charge in [-0.1, -0.05) is 51.8 Å². The third kappa shape index (κ3) is 3.58. The summed E-state index contributed by atoms with van der Waals surface area (Å²) in [4.78, 5) is 0. The molecule has 0 nitrogen and oxygen atoms in total. The summed E-state index contributed by atoms with van der Waals surface area (Å²) in [6.07, 6.45) is 0.848. The molecule has 0 amide bonds. The Labute approximate surface area is 126 Å². The van der Waals surface area contributed by atoms with Crippen molar-refractivity contribution < 1.29 is 4.39 Å². The van der Waals surface area contributed by atoms with E-state index in [4.69, 9.17) is 11.6 Å². The molecule has 0 spiro atoms. The minimum atomic E-state index is -0.186. The highest BCUT2D eigenvalue weighted by Gasteiger charge is 2.15. The smallest absolute Gasteiger partial charge is 0.123 e. The molecule has 0 aliphatic heterocycles. The van der Waals surface area contributed by atoms with Crippen molar-refractivity contribution in [2.75, 3.05) is 5.33 Å². The normalized spacial score (nSPS) is 12.4. The van der Waals surface area contributed by atoms with E-state index >= 15 is 0 Å². The minimum Gasteiger partial charge on any atom is -0.207 e. The zero-order chi connectivity index (χ0) is 13.8. The average Bonchev–Trinajstić information content (AvgIpc) is 2.39. The van der Waals surface area contributed by atoms with Crippen molar-refractivity contribution in [2.45, 2.75) is 19.3 Å². The number of benzene rings is 2. The Hall–Kier alpha value is -0.860. The number of rotatable bonds is 4. The molecule has 0 heterocycles. The zero-order valence-electron chi connectivity index (χ0n) is 10.7. The molecule has 0 fully saturated rings. The maximum atomic E-state index is 13.1. The Morgan fingerprint density at radius 1 is 1.21 bits per heavy atom. The Morgan fingerprint density at radius 2 is 1.95 bits per heavy atom. The molecular weight excluding hydrogens is 327 g/mol. The van der Waals surface area contributed by atoms with Crippen LogP contribution in [0.2, 0.25) is 5.02 Å². The zero-order valence-corrected chi connectivity index (χ0v) is 13.0. The lowest BCUT2D eigenvalue weighted by Crippen LogP contribution is -2.06. The molecule has 0 saturated carbocycles. The van der Waals surface area contributed by atoms with Crippen molar-refractivity contribution in [1.82, 2.24) is 0 Å². The van der Waals surface area contributed by atoms with Crippen molar-refractivity contribution in [1.29, 1.82) is 0 Å². The van der Waals surface area contributed by atoms with Gasteiger partial charge in [0.25, 0.3) is 0 Å². The van der Waals surface area contributed by atoms with Crippen LogP contribution in [0.1, 0.15) is 22.6 Å². The molecule has 1 atom stereocenters. The number of halogens is 3. The van der Waals surface area contributed by atoms with Crippen LogP contribution in [0, 0.1) is 12.7 Å². The maximum absolute atomic E-state index is 13.1. The van der Waals surface area contributed by atoms with Crippen LogP contribution in [0.5, 0.6) is 0 Å². The first-order chi connectivity index (χ1) is 9.11. The Kier molecular flexibility index (Phi) is 5.00. The van der Waals surface area contributed by atoms with Crippen LogP contribution in [0.25, 0.3) is 0 Å². The average molecular weight is 342 g/mol. The third-order valence-electron chi connectivity index (χ3n) is 3.30. The molecule has 0 aromatic heterocycles. The molecule has 0 aliphatic rings. The summed E-state index contributed by atoms with van der Waals surface area (Å²) in [7, 11) is 0. The van der Waals surface area contributed by atoms with Crippen LogP contribution in [-0.4, -0.2) is 5.33 Å². The van der Waals surface area contributed by atoms with Gasteiger partial charge in [0, 0.05) is 10.4 Å². The van der Waals surface area contributed by atoms with E-state index in [1.54, 1.807) is 6.07 Å². The molecule has 0 saturated heterocycles. The molecule has 19 heavy (non-hydrogen) atoms. The Morgan fingerprint density at radius 3 is 2.58 bits per heavy atom. The van der Waals surface area contributed by atoms with Crippen LogP contribution in [0.3, 0.4) is 0 Å². The second-order valence-electron chi connectivity index (χ2n) is 4.65. The van der Waals surface area contributed by atoms with Gasteiger partial charge in [-0.2, -0.15) is 0 Å². The first-order valence-corrected chi connectivity index (χ1v) is 7.67. The molecule has 0 radical (unpaired) electrons. The molecule has 3 heteroatoms. The molecular formula is C16H15BrClF. The van der Waals surface area contributed by atoms with Gasteiger partial charge in [0.2, 0.25) is 0 Å². The molecule has 2 aromatic carbocycles. The van der Waals surface area contributed by atoms with Crippen molar-refractivity contribution in [3.8, 4) is 0 Å². The lowest BCUT2D eigenvalue weighted by molar-refractivity contribution is 0.624. The summed E-state index contributed by atoms with van der Waals surface area (Å²) < 4.78 is 13.1. The quantitative estimate of drug-likeness (QED) is 0.643. The van der Waals surface area contributed by atoms with Crippen LogP contribution in [0.4, 0.5) is 4.39 Å². The van der Waals surface area contributed by atoms with E-state index in [9.17, 15) is 4.39 Å². The summed E-state index contributed by atoms with van der Waals surface area (Å²) in [5, 5.41) is 1.61. The molecule has 0 bridgehead atoms. The summed E-state index contributed by atoms with van der Waals surface area (Å²) in [5.41, 5.74) is 3.27. The summed E-state index contributed by atoms with van der Waals surface area (Å²) in [6, 6.07) is 12.8. The van der Waals surface area contributed by atoms with E-state index < -0.39 is 0 Å². The fourth-order valence-corrected chi connectivity index (χ4v) is 3.08. The van der Waals surface area contributed by atoms with Gasteiger partial charge in [-0.25, -0.2) is 4.39 Å². The highest BCUT2D eigenvalue weighted by atomic mass is 79.9. The van der Waals surface area contributed by atoms with Gasteiger partial charge in [0.05, 0.1) is 0 Å². The SMILES string of the molecule is Cc1cc(F)ccc1CC(CBr)c1ccccc1Cl. The largest absolute Gasteiger partial charge is 0.207 e. The van der Waals surface area contributed by atoms with Crippen LogP contribution < -0.4 is 0 Å². The molecule has 2 rings (SSSR count). The second kappa shape index (κ2) is 6.53. The van der Waals surface area contributed by atoms with Gasteiger partial charge >= 0.3 is 0 Å². The van der Waals surface area contributed by atoms with Gasteiger partial charge in [0.1, 0.15) is 5.82 Å². The fraction of sp³-hybridized carbons (Fsp3) is 0.250. The minimum absolute atomic E-state index is 0.186. The molecule has 100 valence electrons. The summed E-state index contributed by atoms with van der Waals surface area (Å²) in [5.74, 6) is 0.104. The van der Waals surface area contributed by atoms with E-state index in [0.717, 1.165) is 33.5 Å². The van der Waals surface area contributed by atoms with Crippen molar-refractivity contribution in [3.63, 3.8) is 0 Å². The number of aryl methyl sites for hydroxylation is 1. The predicted molar refractivity (Wildman–Crippen MR) is 82.8 cm³/mol. The lowest BCUT2D eigenvalue weighted by Gasteiger charge is -2.17. The molecule has 2 aromatic rings. The van der Waals surface area contributed by atoms with E-state index in [1.807, 2.05) is 37.3 Å². The molecule has 0 aliphatic carbocycles. The lowest BCUT2D eigenvalue weighted by atomic mass is 9.91. The summed E-state index contributed by atoms with van der Waals surface area (Å²) in [6.45, 7) is 1.94. The van der Waals surface area contributed by atoms with E-state index in [-0.39, 0.29) is 11.7 Å².